The molecule has 22 heteroatoms. The van der Waals surface area contributed by atoms with Crippen LogP contribution >= 0.6 is 24.4 Å². The molecule has 0 aliphatic rings. The smallest absolute Gasteiger partial charge is 0.326 e. The van der Waals surface area contributed by atoms with Crippen LogP contribution in [0.5, 0.6) is 0 Å². The van der Waals surface area contributed by atoms with Crippen molar-refractivity contribution in [3.63, 3.8) is 0 Å². The van der Waals surface area contributed by atoms with Crippen molar-refractivity contribution in [2.75, 3.05) is 24.3 Å². The molecule has 0 spiro atoms. The van der Waals surface area contributed by atoms with Crippen LogP contribution in [0, 0.1) is 23.7 Å². The third-order valence-corrected chi connectivity index (χ3v) is 12.4. The van der Waals surface area contributed by atoms with Crippen molar-refractivity contribution in [2.45, 2.75) is 174 Å². The molecule has 1 aromatic carbocycles. The first-order chi connectivity index (χ1) is 33.8. The summed E-state index contributed by atoms with van der Waals surface area (Å²) < 4.78 is 0. The van der Waals surface area contributed by atoms with E-state index in [2.05, 4.69) is 55.2 Å². The van der Waals surface area contributed by atoms with Crippen LogP contribution in [-0.2, 0) is 49.6 Å². The number of amides is 8. The number of aliphatic carboxylic acids is 1. The molecule has 0 aromatic heterocycles. The largest absolute Gasteiger partial charge is 0.480 e. The lowest BCUT2D eigenvalue weighted by Crippen LogP contribution is -2.60. The first-order valence-electron chi connectivity index (χ1n) is 25.1. The zero-order chi connectivity index (χ0) is 54.7. The maximum atomic E-state index is 14.0. The van der Waals surface area contributed by atoms with E-state index in [9.17, 15) is 48.3 Å². The Hall–Kier alpha value is -4.93. The molecule has 0 bridgehead atoms. The molecule has 1 aromatic rings. The summed E-state index contributed by atoms with van der Waals surface area (Å²) in [6, 6.07) is -0.970. The summed E-state index contributed by atoms with van der Waals surface area (Å²) in [6.45, 7) is 16.5. The van der Waals surface area contributed by atoms with Crippen LogP contribution in [0.3, 0.4) is 0 Å². The SMILES string of the molecule is CSCC[C@H](NC(=O)[C@H](CS)NC(=O)[C@H](CC(C)C)NC(=O)[C@@H](N)Cc1ccccc1)C(=O)N[C@@H](CCCCN)C(=O)N[C@@H](C)C(=O)N[C@@H](CC(C)C)C(=O)N[C@@H](CC(C)C)C(=O)N[C@@H](CC(C)C)C(=O)O. The molecule has 20 nitrogen and oxygen atoms in total. The van der Waals surface area contributed by atoms with Crippen LogP contribution in [-0.4, -0.2) is 137 Å². The second-order valence-corrected chi connectivity index (χ2v) is 21.4. The maximum Gasteiger partial charge on any atom is 0.326 e. The molecule has 72 heavy (non-hydrogen) atoms. The van der Waals surface area contributed by atoms with Gasteiger partial charge in [0.15, 0.2) is 0 Å². The predicted octanol–water partition coefficient (Wildman–Crippen LogP) is 1.54. The van der Waals surface area contributed by atoms with Gasteiger partial charge in [-0.2, -0.15) is 24.4 Å². The number of carbonyl (C=O) groups excluding carboxylic acids is 8. The van der Waals surface area contributed by atoms with Gasteiger partial charge >= 0.3 is 5.97 Å². The minimum absolute atomic E-state index is 0.0271. The minimum Gasteiger partial charge on any atom is -0.480 e. The van der Waals surface area contributed by atoms with Crippen molar-refractivity contribution < 1.29 is 48.3 Å². The Balaban J connectivity index is 3.23. The molecule has 1 rings (SSSR count). The van der Waals surface area contributed by atoms with Gasteiger partial charge in [0.25, 0.3) is 0 Å². The van der Waals surface area contributed by atoms with Gasteiger partial charge in [0.2, 0.25) is 47.3 Å². The van der Waals surface area contributed by atoms with Gasteiger partial charge in [0.05, 0.1) is 6.04 Å². The Labute approximate surface area is 436 Å². The fourth-order valence-electron chi connectivity index (χ4n) is 7.54. The van der Waals surface area contributed by atoms with E-state index in [-0.39, 0.29) is 74.4 Å². The average Bonchev–Trinajstić information content (AvgIpc) is 3.30. The van der Waals surface area contributed by atoms with Gasteiger partial charge in [-0.15, -0.1) is 0 Å². The van der Waals surface area contributed by atoms with E-state index in [0.29, 0.717) is 25.1 Å². The zero-order valence-corrected chi connectivity index (χ0v) is 45.7. The summed E-state index contributed by atoms with van der Waals surface area (Å²) in [6.07, 6.45) is 4.04. The number of thiol groups is 1. The summed E-state index contributed by atoms with van der Waals surface area (Å²) in [5.74, 6) is -6.53. The van der Waals surface area contributed by atoms with Crippen LogP contribution in [0.1, 0.15) is 119 Å². The van der Waals surface area contributed by atoms with Crippen molar-refractivity contribution in [3.05, 3.63) is 35.9 Å². The molecular formula is C50H86N10O10S2. The number of hydrogen-bond donors (Lipinski definition) is 12. The Bertz CT molecular complexity index is 1890. The van der Waals surface area contributed by atoms with E-state index < -0.39 is 108 Å². The molecule has 0 saturated carbocycles. The second-order valence-electron chi connectivity index (χ2n) is 20.1. The molecule has 0 unspecified atom stereocenters. The summed E-state index contributed by atoms with van der Waals surface area (Å²) in [5, 5.41) is 31.1. The number of carbonyl (C=O) groups is 9. The van der Waals surface area contributed by atoms with E-state index in [4.69, 9.17) is 11.5 Å². The molecular weight excluding hydrogens is 965 g/mol. The topological polar surface area (TPSA) is 322 Å². The predicted molar refractivity (Wildman–Crippen MR) is 284 cm³/mol. The van der Waals surface area contributed by atoms with Gasteiger partial charge in [-0.3, -0.25) is 38.4 Å². The van der Waals surface area contributed by atoms with Gasteiger partial charge in [-0.1, -0.05) is 85.7 Å². The molecule has 0 fully saturated rings. The van der Waals surface area contributed by atoms with Crippen LogP contribution in [0.15, 0.2) is 30.3 Å². The van der Waals surface area contributed by atoms with Crippen molar-refractivity contribution in [1.29, 1.82) is 0 Å². The number of unbranched alkanes of at least 4 members (excludes halogenated alkanes) is 1. The van der Waals surface area contributed by atoms with Gasteiger partial charge in [0, 0.05) is 5.75 Å². The number of thioether (sulfide) groups is 1. The highest BCUT2D eigenvalue weighted by Crippen LogP contribution is 2.13. The van der Waals surface area contributed by atoms with E-state index in [1.54, 1.807) is 0 Å². The molecule has 408 valence electrons. The molecule has 0 aliphatic heterocycles. The van der Waals surface area contributed by atoms with Crippen LogP contribution in [0.4, 0.5) is 0 Å². The molecule has 0 aliphatic carbocycles. The van der Waals surface area contributed by atoms with Crippen molar-refractivity contribution in [3.8, 4) is 0 Å². The summed E-state index contributed by atoms with van der Waals surface area (Å²) in [7, 11) is 0. The summed E-state index contributed by atoms with van der Waals surface area (Å²) in [4.78, 5) is 121. The van der Waals surface area contributed by atoms with Gasteiger partial charge in [-0.05, 0) is 112 Å². The van der Waals surface area contributed by atoms with Gasteiger partial charge < -0.3 is 59.1 Å². The molecule has 0 saturated heterocycles. The minimum atomic E-state index is -1.23. The fraction of sp³-hybridized carbons (Fsp3) is 0.700. The maximum absolute atomic E-state index is 14.0. The third kappa shape index (κ3) is 25.6. The molecule has 8 amide bonds. The van der Waals surface area contributed by atoms with Crippen LogP contribution in [0.2, 0.25) is 0 Å². The van der Waals surface area contributed by atoms with E-state index in [1.165, 1.54) is 18.7 Å². The normalized spacial score (nSPS) is 15.2. The van der Waals surface area contributed by atoms with Crippen LogP contribution in [0.25, 0.3) is 0 Å². The highest BCUT2D eigenvalue weighted by Gasteiger charge is 2.35. The average molecular weight is 1050 g/mol. The fourth-order valence-corrected chi connectivity index (χ4v) is 8.27. The lowest BCUT2D eigenvalue weighted by molar-refractivity contribution is -0.143. The Morgan fingerprint density at radius 2 is 0.889 bits per heavy atom. The number of nitrogens with one attached hydrogen (secondary N) is 8. The standard InChI is InChI=1S/C50H86N10O10S2/c1-28(2)22-37(46(65)58-39(24-30(5)6)47(66)59-40(50(69)70)25-31(7)8)56-42(61)32(9)53-44(63)35(18-14-15-20-51)54-45(64)36(19-21-72-10)55-49(68)41(27-71)60-48(67)38(23-29(3)4)57-43(62)34(52)26-33-16-12-11-13-17-33/h11-13,16-17,28-32,34-41,71H,14-15,18-27,51-52H2,1-10H3,(H,53,63)(H,54,64)(H,55,68)(H,56,61)(H,57,62)(H,58,65)(H,59,66)(H,60,67)(H,69,70)/t32-,34-,35-,36-,37-,38-,39-,40-,41-/m0/s1. The van der Waals surface area contributed by atoms with E-state index in [0.717, 1.165) is 5.56 Å². The lowest BCUT2D eigenvalue weighted by Gasteiger charge is -2.28. The highest BCUT2D eigenvalue weighted by atomic mass is 32.2. The van der Waals surface area contributed by atoms with Gasteiger partial charge in [0.1, 0.15) is 48.3 Å². The number of benzene rings is 1. The van der Waals surface area contributed by atoms with Crippen molar-refractivity contribution >= 4 is 77.6 Å². The quantitative estimate of drug-likeness (QED) is 0.0340. The first-order valence-corrected chi connectivity index (χ1v) is 27.1. The molecule has 0 heterocycles. The van der Waals surface area contributed by atoms with Gasteiger partial charge in [-0.25, -0.2) is 4.79 Å². The first kappa shape index (κ1) is 65.1. The Kier molecular flexibility index (Phi) is 31.2. The number of carboxylic acids is 1. The van der Waals surface area contributed by atoms with E-state index >= 15 is 0 Å². The number of nitrogens with two attached hydrogens (primary N) is 2. The van der Waals surface area contributed by atoms with Crippen molar-refractivity contribution in [1.82, 2.24) is 42.5 Å². The summed E-state index contributed by atoms with van der Waals surface area (Å²) in [5.41, 5.74) is 12.8. The number of carboxylic acid groups (broad SMARTS) is 1. The Morgan fingerprint density at radius 3 is 1.33 bits per heavy atom. The molecule has 9 atom stereocenters. The number of hydrogen-bond acceptors (Lipinski definition) is 13. The number of rotatable bonds is 35. The van der Waals surface area contributed by atoms with Crippen molar-refractivity contribution in [2.24, 2.45) is 35.1 Å². The molecule has 13 N–H and O–H groups in total. The molecule has 0 radical (unpaired) electrons. The Morgan fingerprint density at radius 1 is 0.514 bits per heavy atom. The highest BCUT2D eigenvalue weighted by molar-refractivity contribution is 7.98. The lowest BCUT2D eigenvalue weighted by atomic mass is 9.99. The second kappa shape index (κ2) is 34.5. The van der Waals surface area contributed by atoms with E-state index in [1.807, 2.05) is 92.0 Å². The zero-order valence-electron chi connectivity index (χ0n) is 44.0. The monoisotopic (exact) mass is 1050 g/mol. The summed E-state index contributed by atoms with van der Waals surface area (Å²) >= 11 is 5.74. The van der Waals surface area contributed by atoms with Crippen LogP contribution < -0.4 is 54.0 Å². The third-order valence-electron chi connectivity index (χ3n) is 11.4.